The van der Waals surface area contributed by atoms with Gasteiger partial charge in [-0.15, -0.1) is 13.2 Å². The molecule has 0 unspecified atom stereocenters. The van der Waals surface area contributed by atoms with Gasteiger partial charge >= 0.3 is 6.36 Å². The van der Waals surface area contributed by atoms with Crippen LogP contribution in [-0.4, -0.2) is 41.7 Å². The van der Waals surface area contributed by atoms with Crippen molar-refractivity contribution in [2.75, 3.05) is 6.54 Å². The molecule has 2 fully saturated rings. The van der Waals surface area contributed by atoms with Crippen molar-refractivity contribution in [1.82, 2.24) is 10.2 Å². The molecule has 1 aliphatic carbocycles. The summed E-state index contributed by atoms with van der Waals surface area (Å²) >= 11 is 0. The number of rotatable bonds is 4. The lowest BCUT2D eigenvalue weighted by Gasteiger charge is -2.16. The lowest BCUT2D eigenvalue weighted by Crippen LogP contribution is -2.37. The number of hydrogen-bond acceptors (Lipinski definition) is 3. The molecule has 1 aromatic carbocycles. The smallest absolute Gasteiger partial charge is 0.406 e. The maximum atomic E-state index is 12.1. The van der Waals surface area contributed by atoms with E-state index in [4.69, 9.17) is 0 Å². The third-order valence-electron chi connectivity index (χ3n) is 3.83. The fraction of sp³-hybridized carbons (Fsp3) is 0.467. The van der Waals surface area contributed by atoms with Crippen LogP contribution < -0.4 is 10.1 Å². The fourth-order valence-corrected chi connectivity index (χ4v) is 2.64. The summed E-state index contributed by atoms with van der Waals surface area (Å²) in [5.74, 6) is -0.768. The molecule has 1 aliphatic heterocycles. The molecule has 1 N–H and O–H groups in total. The van der Waals surface area contributed by atoms with Crippen molar-refractivity contribution in [3.63, 3.8) is 0 Å². The predicted octanol–water partition coefficient (Wildman–Crippen LogP) is 2.08. The highest BCUT2D eigenvalue weighted by Gasteiger charge is 2.39. The van der Waals surface area contributed by atoms with Crippen LogP contribution >= 0.6 is 0 Å². The highest BCUT2D eigenvalue weighted by molar-refractivity contribution is 5.95. The van der Waals surface area contributed by atoms with Crippen molar-refractivity contribution in [3.8, 4) is 5.75 Å². The van der Waals surface area contributed by atoms with E-state index < -0.39 is 12.3 Å². The normalized spacial score (nSPS) is 21.4. The zero-order valence-electron chi connectivity index (χ0n) is 12.1. The Kier molecular flexibility index (Phi) is 3.91. The summed E-state index contributed by atoms with van der Waals surface area (Å²) in [7, 11) is 0. The van der Waals surface area contributed by atoms with Crippen molar-refractivity contribution in [1.29, 1.82) is 0 Å². The fourth-order valence-electron chi connectivity index (χ4n) is 2.64. The van der Waals surface area contributed by atoms with Crippen molar-refractivity contribution in [2.24, 2.45) is 0 Å². The highest BCUT2D eigenvalue weighted by atomic mass is 19.4. The third kappa shape index (κ3) is 3.94. The Labute approximate surface area is 130 Å². The van der Waals surface area contributed by atoms with Crippen LogP contribution in [0.25, 0.3) is 0 Å². The largest absolute Gasteiger partial charge is 0.573 e. The van der Waals surface area contributed by atoms with Gasteiger partial charge in [0.2, 0.25) is 5.91 Å². The number of nitrogens with zero attached hydrogens (tertiary/aromatic N) is 1. The maximum absolute atomic E-state index is 12.1. The molecule has 1 heterocycles. The van der Waals surface area contributed by atoms with Gasteiger partial charge in [-0.25, -0.2) is 0 Å². The molecule has 23 heavy (non-hydrogen) atoms. The minimum Gasteiger partial charge on any atom is -0.406 e. The summed E-state index contributed by atoms with van der Waals surface area (Å²) in [4.78, 5) is 25.7. The van der Waals surface area contributed by atoms with Crippen molar-refractivity contribution in [2.45, 2.75) is 37.7 Å². The van der Waals surface area contributed by atoms with Crippen LogP contribution in [0.15, 0.2) is 24.3 Å². The van der Waals surface area contributed by atoms with E-state index in [1.54, 1.807) is 4.90 Å². The number of hydrogen-bond donors (Lipinski definition) is 1. The number of halogens is 3. The molecule has 0 radical (unpaired) electrons. The molecule has 0 aromatic heterocycles. The topological polar surface area (TPSA) is 58.6 Å². The van der Waals surface area contributed by atoms with E-state index in [0.29, 0.717) is 12.6 Å². The summed E-state index contributed by atoms with van der Waals surface area (Å²) in [5, 5.41) is 2.74. The summed E-state index contributed by atoms with van der Waals surface area (Å²) in [6, 6.07) is 4.72. The lowest BCUT2D eigenvalue weighted by atomic mass is 10.2. The van der Waals surface area contributed by atoms with Crippen LogP contribution in [0, 0.1) is 0 Å². The summed E-state index contributed by atoms with van der Waals surface area (Å²) in [5.41, 5.74) is 0.219. The zero-order chi connectivity index (χ0) is 16.6. The van der Waals surface area contributed by atoms with E-state index in [1.807, 2.05) is 0 Å². The molecular formula is C15H15F3N2O3. The third-order valence-corrected chi connectivity index (χ3v) is 3.83. The Hall–Kier alpha value is -2.25. The SMILES string of the molecule is O=C(N[C@@H]1CC(=O)N(C2CC2)C1)c1ccc(OC(F)(F)F)cc1. The maximum Gasteiger partial charge on any atom is 0.573 e. The predicted molar refractivity (Wildman–Crippen MR) is 73.7 cm³/mol. The average molecular weight is 328 g/mol. The van der Waals surface area contributed by atoms with Crippen molar-refractivity contribution in [3.05, 3.63) is 29.8 Å². The van der Waals surface area contributed by atoms with Crippen molar-refractivity contribution >= 4 is 11.8 Å². The second kappa shape index (κ2) is 5.75. The summed E-state index contributed by atoms with van der Waals surface area (Å²) in [6.07, 6.45) is -2.49. The van der Waals surface area contributed by atoms with Crippen molar-refractivity contribution < 1.29 is 27.5 Å². The molecular weight excluding hydrogens is 313 g/mol. The van der Waals surface area contributed by atoms with Gasteiger partial charge < -0.3 is 15.0 Å². The number of alkyl halides is 3. The number of ether oxygens (including phenoxy) is 1. The molecule has 1 saturated heterocycles. The van der Waals surface area contributed by atoms with Gasteiger partial charge in [0.25, 0.3) is 5.91 Å². The Morgan fingerprint density at radius 1 is 1.22 bits per heavy atom. The van der Waals surface area contributed by atoms with Gasteiger partial charge in [-0.1, -0.05) is 0 Å². The van der Waals surface area contributed by atoms with Crippen LogP contribution in [0.2, 0.25) is 0 Å². The minimum absolute atomic E-state index is 0.0340. The average Bonchev–Trinajstić information content (AvgIpc) is 3.22. The summed E-state index contributed by atoms with van der Waals surface area (Å²) < 4.78 is 40.0. The number of amides is 2. The van der Waals surface area contributed by atoms with Crippen LogP contribution in [0.5, 0.6) is 5.75 Å². The van der Waals surface area contributed by atoms with Crippen LogP contribution in [-0.2, 0) is 4.79 Å². The molecule has 1 aromatic rings. The first-order valence-corrected chi connectivity index (χ1v) is 7.28. The van der Waals surface area contributed by atoms with Gasteiger partial charge in [0.15, 0.2) is 0 Å². The van der Waals surface area contributed by atoms with Gasteiger partial charge in [-0.05, 0) is 37.1 Å². The molecule has 8 heteroatoms. The molecule has 3 rings (SSSR count). The quantitative estimate of drug-likeness (QED) is 0.921. The second-order valence-corrected chi connectivity index (χ2v) is 5.72. The van der Waals surface area contributed by atoms with E-state index in [2.05, 4.69) is 10.1 Å². The van der Waals surface area contributed by atoms with Gasteiger partial charge in [-0.2, -0.15) is 0 Å². The molecule has 0 spiro atoms. The zero-order valence-corrected chi connectivity index (χ0v) is 12.1. The van der Waals surface area contributed by atoms with E-state index in [-0.39, 0.29) is 29.7 Å². The van der Waals surface area contributed by atoms with Gasteiger partial charge in [0, 0.05) is 24.6 Å². The molecule has 1 saturated carbocycles. The molecule has 2 aliphatic rings. The number of likely N-dealkylation sites (tertiary alicyclic amines) is 1. The standard InChI is InChI=1S/C15H15F3N2O3/c16-15(17,18)23-12-5-1-9(2-6-12)14(22)19-10-7-13(21)20(8-10)11-3-4-11/h1-2,5-6,10-11H,3-4,7-8H2,(H,19,22)/t10-/m1/s1. The number of carbonyl (C=O) groups excluding carboxylic acids is 2. The van der Waals surface area contributed by atoms with Gasteiger partial charge in [0.1, 0.15) is 5.75 Å². The molecule has 1 atom stereocenters. The second-order valence-electron chi connectivity index (χ2n) is 5.72. The van der Waals surface area contributed by atoms with Crippen LogP contribution in [0.1, 0.15) is 29.6 Å². The Morgan fingerprint density at radius 3 is 2.43 bits per heavy atom. The summed E-state index contributed by atoms with van der Waals surface area (Å²) in [6.45, 7) is 0.491. The number of carbonyl (C=O) groups is 2. The molecule has 124 valence electrons. The first-order valence-electron chi connectivity index (χ1n) is 7.28. The van der Waals surface area contributed by atoms with E-state index in [1.165, 1.54) is 12.1 Å². The molecule has 0 bridgehead atoms. The lowest BCUT2D eigenvalue weighted by molar-refractivity contribution is -0.274. The Balaban J connectivity index is 1.57. The molecule has 2 amide bonds. The first kappa shape index (κ1) is 15.6. The van der Waals surface area contributed by atoms with Crippen LogP contribution in [0.3, 0.4) is 0 Å². The van der Waals surface area contributed by atoms with E-state index in [9.17, 15) is 22.8 Å². The highest BCUT2D eigenvalue weighted by Crippen LogP contribution is 2.30. The first-order chi connectivity index (χ1) is 10.8. The monoisotopic (exact) mass is 328 g/mol. The van der Waals surface area contributed by atoms with E-state index >= 15 is 0 Å². The molecule has 5 nitrogen and oxygen atoms in total. The van der Waals surface area contributed by atoms with E-state index in [0.717, 1.165) is 25.0 Å². The Bertz CT molecular complexity index is 611. The minimum atomic E-state index is -4.76. The van der Waals surface area contributed by atoms with Gasteiger partial charge in [-0.3, -0.25) is 9.59 Å². The number of nitrogens with one attached hydrogen (secondary N) is 1. The van der Waals surface area contributed by atoms with Gasteiger partial charge in [0.05, 0.1) is 6.04 Å². The number of benzene rings is 1. The van der Waals surface area contributed by atoms with Crippen LogP contribution in [0.4, 0.5) is 13.2 Å². The Morgan fingerprint density at radius 2 is 1.87 bits per heavy atom.